The van der Waals surface area contributed by atoms with E-state index in [1.807, 2.05) is 17.9 Å². The Morgan fingerprint density at radius 2 is 2.44 bits per heavy atom. The molecule has 1 aromatic heterocycles. The van der Waals surface area contributed by atoms with E-state index in [0.29, 0.717) is 0 Å². The van der Waals surface area contributed by atoms with Gasteiger partial charge in [0.2, 0.25) is 0 Å². The van der Waals surface area contributed by atoms with E-state index in [1.54, 1.807) is 0 Å². The molecule has 0 N–H and O–H groups in total. The minimum absolute atomic E-state index is 0.999. The average Bonchev–Trinajstić information content (AvgIpc) is 2.86. The van der Waals surface area contributed by atoms with Gasteiger partial charge in [-0.2, -0.15) is 16.3 Å². The largest absolute Gasteiger partial charge is 0.301 e. The quantitative estimate of drug-likeness (QED) is 0.498. The topological polar surface area (TPSA) is 19.8 Å². The van der Waals surface area contributed by atoms with Gasteiger partial charge in [0, 0.05) is 11.7 Å². The first-order valence-corrected chi connectivity index (χ1v) is 5.45. The van der Waals surface area contributed by atoms with E-state index in [0.717, 1.165) is 18.7 Å². The van der Waals surface area contributed by atoms with Gasteiger partial charge in [-0.1, -0.05) is 11.2 Å². The number of fused-ring (bicyclic) bond motifs is 1. The molecule has 82 valence electrons. The maximum Gasteiger partial charge on any atom is 0.146 e. The lowest BCUT2D eigenvalue weighted by Crippen LogP contribution is -2.28. The van der Waals surface area contributed by atoms with E-state index in [-0.39, 0.29) is 0 Å². The van der Waals surface area contributed by atoms with Gasteiger partial charge < -0.3 is 4.58 Å². The lowest BCUT2D eigenvalue weighted by molar-refractivity contribution is -0.726. The van der Waals surface area contributed by atoms with Crippen LogP contribution < -0.4 is 4.68 Å². The summed E-state index contributed by atoms with van der Waals surface area (Å²) in [5.41, 5.74) is 3.66. The molecule has 0 radical (unpaired) electrons. The molecule has 2 aliphatic rings. The summed E-state index contributed by atoms with van der Waals surface area (Å²) < 4.78 is 3.90. The number of hydrogen-bond donors (Lipinski definition) is 0. The van der Waals surface area contributed by atoms with Gasteiger partial charge in [-0.25, -0.2) is 12.5 Å². The molecule has 1 fully saturated rings. The Hall–Kier alpha value is -1.90. The average molecular weight is 212 g/mol. The van der Waals surface area contributed by atoms with Gasteiger partial charge in [-0.05, 0) is 6.42 Å². The van der Waals surface area contributed by atoms with Crippen LogP contribution in [0.15, 0.2) is 30.0 Å². The minimum Gasteiger partial charge on any atom is -0.301 e. The number of allylic oxidation sites excluding steroid dienone is 2. The summed E-state index contributed by atoms with van der Waals surface area (Å²) in [6.07, 6.45) is 9.38. The van der Waals surface area contributed by atoms with E-state index in [2.05, 4.69) is 41.0 Å². The van der Waals surface area contributed by atoms with E-state index >= 15 is 0 Å². The number of hydrogen-bond acceptors (Lipinski definition) is 1. The zero-order valence-corrected chi connectivity index (χ0v) is 9.35. The first-order chi connectivity index (χ1) is 7.75. The third-order valence-electron chi connectivity index (χ3n) is 3.11. The van der Waals surface area contributed by atoms with Crippen molar-refractivity contribution in [3.8, 4) is 0 Å². The van der Waals surface area contributed by atoms with Crippen molar-refractivity contribution < 1.29 is 9.26 Å². The van der Waals surface area contributed by atoms with Crippen LogP contribution in [-0.4, -0.2) is 22.9 Å². The van der Waals surface area contributed by atoms with Gasteiger partial charge in [0.15, 0.2) is 0 Å². The fraction of sp³-hybridized carbons (Fsp3) is 0.231. The van der Waals surface area contributed by atoms with Crippen molar-refractivity contribution in [1.29, 1.82) is 0 Å². The van der Waals surface area contributed by atoms with Crippen molar-refractivity contribution >= 4 is 12.3 Å². The van der Waals surface area contributed by atoms with E-state index in [1.165, 1.54) is 17.2 Å². The highest BCUT2D eigenvalue weighted by Crippen LogP contribution is 2.37. The van der Waals surface area contributed by atoms with Crippen molar-refractivity contribution in [3.63, 3.8) is 0 Å². The summed E-state index contributed by atoms with van der Waals surface area (Å²) >= 11 is 0. The van der Waals surface area contributed by atoms with Crippen LogP contribution in [0.3, 0.4) is 0 Å². The van der Waals surface area contributed by atoms with Gasteiger partial charge in [0.05, 0.1) is 12.9 Å². The molecule has 0 atom stereocenters. The molecule has 1 aliphatic carbocycles. The van der Waals surface area contributed by atoms with E-state index in [9.17, 15) is 0 Å². The molecule has 3 heteroatoms. The maximum absolute atomic E-state index is 4.46. The molecular formula is C13H14N3-. The molecule has 0 amide bonds. The summed E-state index contributed by atoms with van der Waals surface area (Å²) in [5, 5.41) is 4.46. The van der Waals surface area contributed by atoms with Crippen LogP contribution in [0.2, 0.25) is 0 Å². The smallest absolute Gasteiger partial charge is 0.146 e. The zero-order valence-electron chi connectivity index (χ0n) is 9.35. The van der Waals surface area contributed by atoms with Gasteiger partial charge in [0.1, 0.15) is 13.6 Å². The van der Waals surface area contributed by atoms with Crippen molar-refractivity contribution in [2.45, 2.75) is 6.42 Å². The van der Waals surface area contributed by atoms with Crippen LogP contribution in [0.4, 0.5) is 0 Å². The molecule has 3 nitrogen and oxygen atoms in total. The molecule has 1 aromatic rings. The summed E-state index contributed by atoms with van der Waals surface area (Å²) in [7, 11) is 1.94. The number of aryl methyl sites for hydroxylation is 1. The summed E-state index contributed by atoms with van der Waals surface area (Å²) in [4.78, 5) is 0. The molecule has 0 bridgehead atoms. The molecule has 0 unspecified atom stereocenters. The SMILES string of the molecule is C=[N+]1CCC2=C(c3c[cH-][n+](C)n3)[CH-]C=C[C-]21. The van der Waals surface area contributed by atoms with Crippen LogP contribution in [-0.2, 0) is 7.05 Å². The predicted molar refractivity (Wildman–Crippen MR) is 61.5 cm³/mol. The molecular weight excluding hydrogens is 198 g/mol. The predicted octanol–water partition coefficient (Wildman–Crippen LogP) is 0.801. The van der Waals surface area contributed by atoms with Crippen LogP contribution in [0.25, 0.3) is 5.57 Å². The Morgan fingerprint density at radius 3 is 3.19 bits per heavy atom. The van der Waals surface area contributed by atoms with Crippen molar-refractivity contribution in [2.24, 2.45) is 7.05 Å². The molecule has 0 saturated carbocycles. The van der Waals surface area contributed by atoms with Gasteiger partial charge >= 0.3 is 0 Å². The second-order valence-electron chi connectivity index (χ2n) is 4.19. The van der Waals surface area contributed by atoms with E-state index < -0.39 is 0 Å². The maximum atomic E-state index is 4.46. The molecule has 1 aliphatic heterocycles. The van der Waals surface area contributed by atoms with Gasteiger partial charge in [-0.15, -0.1) is 5.57 Å². The monoisotopic (exact) mass is 212 g/mol. The molecule has 1 saturated heterocycles. The molecule has 2 heterocycles. The second kappa shape index (κ2) is 3.30. The third-order valence-corrected chi connectivity index (χ3v) is 3.11. The fourth-order valence-corrected chi connectivity index (χ4v) is 2.30. The minimum atomic E-state index is 0.999. The van der Waals surface area contributed by atoms with E-state index in [4.69, 9.17) is 0 Å². The zero-order chi connectivity index (χ0) is 11.1. The van der Waals surface area contributed by atoms with Crippen LogP contribution >= 0.6 is 0 Å². The Balaban J connectivity index is 2.07. The lowest BCUT2D eigenvalue weighted by atomic mass is 9.91. The fourth-order valence-electron chi connectivity index (χ4n) is 2.30. The van der Waals surface area contributed by atoms with Crippen LogP contribution in [0, 0.1) is 12.5 Å². The molecule has 16 heavy (non-hydrogen) atoms. The summed E-state index contributed by atoms with van der Waals surface area (Å²) in [6, 6.07) is 3.30. The second-order valence-corrected chi connectivity index (χ2v) is 4.19. The number of rotatable bonds is 1. The first-order valence-electron chi connectivity index (χ1n) is 5.45. The third kappa shape index (κ3) is 1.28. The van der Waals surface area contributed by atoms with Crippen LogP contribution in [0.5, 0.6) is 0 Å². The highest BCUT2D eigenvalue weighted by atomic mass is 15.2. The Kier molecular flexibility index (Phi) is 1.93. The Bertz CT molecular complexity index is 505. The van der Waals surface area contributed by atoms with Crippen LogP contribution in [0.1, 0.15) is 12.1 Å². The first kappa shape index (κ1) is 9.33. The Morgan fingerprint density at radius 1 is 1.56 bits per heavy atom. The number of aromatic nitrogens is 2. The normalized spacial score (nSPS) is 19.1. The summed E-state index contributed by atoms with van der Waals surface area (Å²) in [6.45, 7) is 5.03. The number of nitrogens with zero attached hydrogens (tertiary/aromatic N) is 3. The lowest BCUT2D eigenvalue weighted by Gasteiger charge is -2.27. The Labute approximate surface area is 95.4 Å². The van der Waals surface area contributed by atoms with Gasteiger partial charge in [-0.3, -0.25) is 0 Å². The highest BCUT2D eigenvalue weighted by molar-refractivity contribution is 5.79. The molecule has 0 aromatic carbocycles. The van der Waals surface area contributed by atoms with Crippen molar-refractivity contribution in [1.82, 2.24) is 5.10 Å². The highest BCUT2D eigenvalue weighted by Gasteiger charge is 2.22. The van der Waals surface area contributed by atoms with Crippen molar-refractivity contribution in [2.75, 3.05) is 6.54 Å². The van der Waals surface area contributed by atoms with Gasteiger partial charge in [0.25, 0.3) is 0 Å². The summed E-state index contributed by atoms with van der Waals surface area (Å²) in [5.74, 6) is 0. The van der Waals surface area contributed by atoms with Crippen molar-refractivity contribution in [3.05, 3.63) is 48.1 Å². The standard InChI is InChI=1S/C13H14N3/c1-15-8-6-11-10(4-3-5-13(11)15)12-7-9-16(2)14-12/h3-5,7,9H,1,6,8H2,2H3/q-1. The molecule has 3 rings (SSSR count). The molecule has 0 spiro atoms.